The van der Waals surface area contributed by atoms with Gasteiger partial charge in [0.1, 0.15) is 0 Å². The maximum absolute atomic E-state index is 4.57. The maximum atomic E-state index is 4.57. The summed E-state index contributed by atoms with van der Waals surface area (Å²) in [7, 11) is 0. The number of hydrogen-bond donors (Lipinski definition) is 1. The van der Waals surface area contributed by atoms with Gasteiger partial charge in [-0.15, -0.1) is 0 Å². The number of para-hydroxylation sites is 2. The third kappa shape index (κ3) is 7.88. The zero-order chi connectivity index (χ0) is 41.6. The molecule has 2 heteroatoms. The molecule has 0 fully saturated rings. The lowest BCUT2D eigenvalue weighted by molar-refractivity contribution is 0.699. The Hall–Kier alpha value is -6.35. The molecule has 9 aromatic rings. The van der Waals surface area contributed by atoms with Crippen molar-refractivity contribution in [3.8, 4) is 39.1 Å². The summed E-state index contributed by atoms with van der Waals surface area (Å²) in [5.41, 5.74) is 18.9. The smallest absolute Gasteiger partial charge is 0.0541 e. The summed E-state index contributed by atoms with van der Waals surface area (Å²) in [6.45, 7) is 13.1. The largest absolute Gasteiger partial charge is 0.309 e. The summed E-state index contributed by atoms with van der Waals surface area (Å²) in [4.78, 5) is 0. The molecule has 1 nitrogen and oxygen atoms in total. The molecule has 1 atom stereocenters. The van der Waals surface area contributed by atoms with Crippen LogP contribution < -0.4 is 0 Å². The van der Waals surface area contributed by atoms with Gasteiger partial charge in [0.05, 0.1) is 11.0 Å². The molecule has 0 bridgehead atoms. The van der Waals surface area contributed by atoms with E-state index in [0.717, 1.165) is 12.0 Å². The van der Waals surface area contributed by atoms with Gasteiger partial charge in [-0.25, -0.2) is 0 Å². The zero-order valence-corrected chi connectivity index (χ0v) is 36.1. The van der Waals surface area contributed by atoms with Crippen LogP contribution in [-0.4, -0.2) is 10.3 Å². The Balaban J connectivity index is 0.000000158. The van der Waals surface area contributed by atoms with E-state index in [0.29, 0.717) is 5.75 Å². The maximum Gasteiger partial charge on any atom is 0.0541 e. The molecule has 1 aromatic heterocycles. The second kappa shape index (κ2) is 17.9. The van der Waals surface area contributed by atoms with E-state index in [1.807, 2.05) is 0 Å². The van der Waals surface area contributed by atoms with Gasteiger partial charge in [-0.05, 0) is 106 Å². The van der Waals surface area contributed by atoms with E-state index >= 15 is 0 Å². The van der Waals surface area contributed by atoms with Gasteiger partial charge in [-0.1, -0.05) is 202 Å². The van der Waals surface area contributed by atoms with Gasteiger partial charge in [-0.2, -0.15) is 12.6 Å². The van der Waals surface area contributed by atoms with Gasteiger partial charge in [0.25, 0.3) is 0 Å². The SMILES string of the molecule is C=C(CS)C1(C)c2ccccc2-c2ccc(Cc3ccc(-c4ccccc4)cc3)cc21.CCC.Cc1ccc(-c2ccc3c(c2)c2ccccc2n3-c2ccccc2)cc1. The first-order valence-corrected chi connectivity index (χ1v) is 21.8. The van der Waals surface area contributed by atoms with Crippen LogP contribution in [0.3, 0.4) is 0 Å². The van der Waals surface area contributed by atoms with E-state index in [2.05, 4.69) is 246 Å². The van der Waals surface area contributed by atoms with Gasteiger partial charge in [0.2, 0.25) is 0 Å². The van der Waals surface area contributed by atoms with Crippen molar-refractivity contribution >= 4 is 34.4 Å². The molecule has 8 aromatic carbocycles. The first-order valence-electron chi connectivity index (χ1n) is 21.2. The Morgan fingerprint density at radius 1 is 0.517 bits per heavy atom. The zero-order valence-electron chi connectivity index (χ0n) is 35.2. The van der Waals surface area contributed by atoms with E-state index in [-0.39, 0.29) is 5.41 Å². The summed E-state index contributed by atoms with van der Waals surface area (Å²) in [5, 5.41) is 2.59. The van der Waals surface area contributed by atoms with E-state index in [4.69, 9.17) is 0 Å². The minimum absolute atomic E-state index is 0.194. The van der Waals surface area contributed by atoms with Crippen molar-refractivity contribution in [1.82, 2.24) is 4.57 Å². The third-order valence-electron chi connectivity index (χ3n) is 11.8. The van der Waals surface area contributed by atoms with Crippen LogP contribution in [0, 0.1) is 6.92 Å². The fourth-order valence-corrected chi connectivity index (χ4v) is 8.94. The van der Waals surface area contributed by atoms with Crippen LogP contribution in [0.4, 0.5) is 0 Å². The minimum atomic E-state index is -0.194. The van der Waals surface area contributed by atoms with Crippen LogP contribution in [0.15, 0.2) is 206 Å². The Labute approximate surface area is 362 Å². The van der Waals surface area contributed by atoms with Crippen molar-refractivity contribution in [1.29, 1.82) is 0 Å². The topological polar surface area (TPSA) is 4.93 Å². The van der Waals surface area contributed by atoms with Crippen LogP contribution >= 0.6 is 12.6 Å². The quantitative estimate of drug-likeness (QED) is 0.121. The highest BCUT2D eigenvalue weighted by atomic mass is 32.1. The lowest BCUT2D eigenvalue weighted by Crippen LogP contribution is -2.24. The highest BCUT2D eigenvalue weighted by Gasteiger charge is 2.40. The normalized spacial score (nSPS) is 13.8. The molecular weight excluding hydrogens is 743 g/mol. The van der Waals surface area contributed by atoms with Gasteiger partial charge >= 0.3 is 0 Å². The number of benzene rings is 8. The van der Waals surface area contributed by atoms with E-state index < -0.39 is 0 Å². The Bertz CT molecular complexity index is 2880. The first-order chi connectivity index (χ1) is 29.3. The molecule has 1 heterocycles. The fourth-order valence-electron chi connectivity index (χ4n) is 8.62. The van der Waals surface area contributed by atoms with E-state index in [1.165, 1.54) is 95.1 Å². The molecule has 296 valence electrons. The number of hydrogen-bond acceptors (Lipinski definition) is 1. The lowest BCUT2D eigenvalue weighted by Gasteiger charge is -2.29. The average Bonchev–Trinajstić information content (AvgIpc) is 3.77. The molecule has 0 radical (unpaired) electrons. The second-order valence-corrected chi connectivity index (χ2v) is 16.4. The highest BCUT2D eigenvalue weighted by Crippen LogP contribution is 2.52. The number of fused-ring (bicyclic) bond motifs is 6. The molecule has 0 saturated carbocycles. The standard InChI is InChI=1S/C30H26S.C25H19N.C3H8/c1-21(20-31)30(2)28-11-7-6-10-26(28)27-17-14-23(19-29(27)30)18-22-12-15-25(16-13-22)24-8-4-3-5-9-24;1-18-11-13-19(14-12-18)20-15-16-25-23(17-20)22-9-5-6-10-24(22)26(25)21-7-3-2-4-8-21;1-3-2/h3-17,19,31H,1,18,20H2,2H3;2-17H,1H3;3H2,1-2H3. The number of aryl methyl sites for hydroxylation is 1. The monoisotopic (exact) mass is 795 g/mol. The van der Waals surface area contributed by atoms with Crippen molar-refractivity contribution in [3.05, 3.63) is 234 Å². The Kier molecular flexibility index (Phi) is 12.0. The first kappa shape index (κ1) is 40.4. The number of rotatable bonds is 7. The van der Waals surface area contributed by atoms with Crippen LogP contribution in [0.1, 0.15) is 55.0 Å². The second-order valence-electron chi connectivity index (χ2n) is 16.0. The van der Waals surface area contributed by atoms with Crippen molar-refractivity contribution < 1.29 is 0 Å². The van der Waals surface area contributed by atoms with Crippen molar-refractivity contribution in [3.63, 3.8) is 0 Å². The third-order valence-corrected chi connectivity index (χ3v) is 12.2. The predicted molar refractivity (Wildman–Crippen MR) is 263 cm³/mol. The molecule has 60 heavy (non-hydrogen) atoms. The highest BCUT2D eigenvalue weighted by molar-refractivity contribution is 7.80. The number of thiol groups is 1. The number of aromatic nitrogens is 1. The van der Waals surface area contributed by atoms with Gasteiger partial charge in [-0.3, -0.25) is 0 Å². The van der Waals surface area contributed by atoms with Gasteiger partial charge in [0.15, 0.2) is 0 Å². The minimum Gasteiger partial charge on any atom is -0.309 e. The van der Waals surface area contributed by atoms with E-state index in [9.17, 15) is 0 Å². The summed E-state index contributed by atoms with van der Waals surface area (Å²) in [5.74, 6) is 0.676. The molecule has 0 spiro atoms. The molecule has 1 aliphatic carbocycles. The molecule has 0 aliphatic heterocycles. The summed E-state index contributed by atoms with van der Waals surface area (Å²) in [6, 6.07) is 69.9. The molecule has 0 saturated heterocycles. The van der Waals surface area contributed by atoms with Crippen molar-refractivity contribution in [2.75, 3.05) is 5.75 Å². The fraction of sp³-hybridized carbons (Fsp3) is 0.138. The molecular formula is C58H53NS. The summed E-state index contributed by atoms with van der Waals surface area (Å²) < 4.78 is 2.35. The molecule has 0 amide bonds. The predicted octanol–water partition coefficient (Wildman–Crippen LogP) is 15.9. The molecule has 0 N–H and O–H groups in total. The Morgan fingerprint density at radius 3 is 1.77 bits per heavy atom. The average molecular weight is 796 g/mol. The molecule has 1 aliphatic rings. The van der Waals surface area contributed by atoms with Crippen molar-refractivity contribution in [2.24, 2.45) is 0 Å². The Morgan fingerprint density at radius 2 is 1.05 bits per heavy atom. The molecule has 10 rings (SSSR count). The number of nitrogens with zero attached hydrogens (tertiary/aromatic N) is 1. The summed E-state index contributed by atoms with van der Waals surface area (Å²) >= 11 is 4.57. The van der Waals surface area contributed by atoms with Gasteiger partial charge < -0.3 is 4.57 Å². The lowest BCUT2D eigenvalue weighted by atomic mass is 9.74. The van der Waals surface area contributed by atoms with Crippen molar-refractivity contribution in [2.45, 2.75) is 46.0 Å². The van der Waals surface area contributed by atoms with Crippen LogP contribution in [-0.2, 0) is 11.8 Å². The van der Waals surface area contributed by atoms with Gasteiger partial charge in [0, 0.05) is 27.6 Å². The van der Waals surface area contributed by atoms with E-state index in [1.54, 1.807) is 0 Å². The van der Waals surface area contributed by atoms with Crippen LogP contribution in [0.25, 0.3) is 60.9 Å². The summed E-state index contributed by atoms with van der Waals surface area (Å²) in [6.07, 6.45) is 2.17. The van der Waals surface area contributed by atoms with Crippen LogP contribution in [0.5, 0.6) is 0 Å². The molecule has 1 unspecified atom stereocenters. The van der Waals surface area contributed by atoms with Crippen LogP contribution in [0.2, 0.25) is 0 Å².